The maximum Gasteiger partial charge on any atom is 0.254 e. The van der Waals surface area contributed by atoms with Gasteiger partial charge in [0.15, 0.2) is 9.84 Å². The van der Waals surface area contributed by atoms with Gasteiger partial charge in [0.2, 0.25) is 0 Å². The number of pyridine rings is 1. The highest BCUT2D eigenvalue weighted by Crippen LogP contribution is 2.30. The topological polar surface area (TPSA) is 70.6 Å². The van der Waals surface area contributed by atoms with Gasteiger partial charge in [-0.15, -0.1) is 0 Å². The Morgan fingerprint density at radius 3 is 2.52 bits per heavy atom. The quantitative estimate of drug-likeness (QED) is 0.745. The first-order valence-corrected chi connectivity index (χ1v) is 11.1. The first-order valence-electron chi connectivity index (χ1n) is 9.26. The molecule has 0 radical (unpaired) electrons. The highest BCUT2D eigenvalue weighted by molar-refractivity contribution is 7.91. The van der Waals surface area contributed by atoms with E-state index in [2.05, 4.69) is 16.0 Å². The Kier molecular flexibility index (Phi) is 4.27. The lowest BCUT2D eigenvalue weighted by Crippen LogP contribution is -2.59. The Balaban J connectivity index is 1.81. The number of carbonyl (C=O) groups is 1. The van der Waals surface area contributed by atoms with Crippen molar-refractivity contribution in [2.24, 2.45) is 0 Å². The van der Waals surface area contributed by atoms with E-state index in [1.165, 1.54) is 0 Å². The van der Waals surface area contributed by atoms with Gasteiger partial charge in [0, 0.05) is 30.2 Å². The normalized spacial score (nSPS) is 25.0. The van der Waals surface area contributed by atoms with E-state index in [0.29, 0.717) is 18.7 Å². The Bertz CT molecular complexity index is 1040. The predicted octanol–water partition coefficient (Wildman–Crippen LogP) is 1.71. The van der Waals surface area contributed by atoms with Crippen molar-refractivity contribution in [1.82, 2.24) is 14.8 Å². The summed E-state index contributed by atoms with van der Waals surface area (Å²) >= 11 is 0. The second kappa shape index (κ2) is 6.27. The van der Waals surface area contributed by atoms with Gasteiger partial charge in [0.25, 0.3) is 5.91 Å². The molecule has 1 aromatic heterocycles. The average Bonchev–Trinajstić information content (AvgIpc) is 2.89. The smallest absolute Gasteiger partial charge is 0.254 e. The molecule has 0 bridgehead atoms. The number of benzene rings is 1. The molecule has 4 rings (SSSR count). The summed E-state index contributed by atoms with van der Waals surface area (Å²) in [5.41, 5.74) is 4.37. The van der Waals surface area contributed by atoms with Crippen LogP contribution in [0.2, 0.25) is 0 Å². The van der Waals surface area contributed by atoms with Crippen molar-refractivity contribution >= 4 is 26.6 Å². The Morgan fingerprint density at radius 2 is 1.78 bits per heavy atom. The van der Waals surface area contributed by atoms with E-state index in [9.17, 15) is 13.2 Å². The van der Waals surface area contributed by atoms with E-state index >= 15 is 0 Å². The zero-order chi connectivity index (χ0) is 19.5. The first-order chi connectivity index (χ1) is 12.7. The number of hydrogen-bond donors (Lipinski definition) is 0. The average molecular weight is 388 g/mol. The van der Waals surface area contributed by atoms with E-state index in [0.717, 1.165) is 27.7 Å². The lowest BCUT2D eigenvalue weighted by Gasteiger charge is -2.42. The van der Waals surface area contributed by atoms with Crippen LogP contribution in [-0.4, -0.2) is 72.8 Å². The molecule has 1 amide bonds. The van der Waals surface area contributed by atoms with Crippen LogP contribution in [0.4, 0.5) is 0 Å². The number of aryl methyl sites for hydroxylation is 3. The summed E-state index contributed by atoms with van der Waals surface area (Å²) in [6.07, 6.45) is 0. The van der Waals surface area contributed by atoms with Crippen LogP contribution in [0.5, 0.6) is 0 Å². The maximum absolute atomic E-state index is 13.5. The molecule has 2 aliphatic heterocycles. The number of sulfone groups is 1. The first kappa shape index (κ1) is 18.4. The van der Waals surface area contributed by atoms with Gasteiger partial charge >= 0.3 is 0 Å². The van der Waals surface area contributed by atoms with Crippen LogP contribution >= 0.6 is 0 Å². The van der Waals surface area contributed by atoms with Crippen LogP contribution in [0.15, 0.2) is 18.2 Å². The molecule has 2 saturated heterocycles. The standard InChI is InChI=1S/C20H25N3O3S/c1-12-7-13(2)19-15(9-14(3)21-16(19)8-12)20(24)23-6-5-22(4)17-10-27(25,26)11-18(17)23/h7-9,17-18H,5-6,10-11H2,1-4H3/t17-,18+/m0/s1. The molecule has 2 fully saturated rings. The molecule has 2 aromatic rings. The van der Waals surface area contributed by atoms with E-state index in [4.69, 9.17) is 0 Å². The maximum atomic E-state index is 13.5. The molecule has 144 valence electrons. The fourth-order valence-corrected chi connectivity index (χ4v) is 6.64. The molecule has 0 aliphatic carbocycles. The number of likely N-dealkylation sites (N-methyl/N-ethyl adjacent to an activating group) is 1. The SMILES string of the molecule is Cc1cc(C)c2c(C(=O)N3CCN(C)[C@H]4CS(=O)(=O)C[C@H]43)cc(C)nc2c1. The summed E-state index contributed by atoms with van der Waals surface area (Å²) in [5, 5.41) is 0.868. The van der Waals surface area contributed by atoms with Crippen LogP contribution < -0.4 is 0 Å². The monoisotopic (exact) mass is 387 g/mol. The Morgan fingerprint density at radius 1 is 1.07 bits per heavy atom. The Hall–Kier alpha value is -1.99. The number of rotatable bonds is 1. The van der Waals surface area contributed by atoms with Crippen molar-refractivity contribution in [3.8, 4) is 0 Å². The van der Waals surface area contributed by atoms with Crippen LogP contribution in [0.1, 0.15) is 27.2 Å². The Labute approximate surface area is 160 Å². The zero-order valence-electron chi connectivity index (χ0n) is 16.2. The minimum Gasteiger partial charge on any atom is -0.332 e. The van der Waals surface area contributed by atoms with E-state index < -0.39 is 9.84 Å². The molecule has 0 unspecified atom stereocenters. The highest BCUT2D eigenvalue weighted by atomic mass is 32.2. The lowest BCUT2D eigenvalue weighted by molar-refractivity contribution is 0.0411. The molecule has 6 nitrogen and oxygen atoms in total. The summed E-state index contributed by atoms with van der Waals surface area (Å²) in [5.74, 6) is 0.0952. The van der Waals surface area contributed by atoms with E-state index in [1.54, 1.807) is 4.90 Å². The van der Waals surface area contributed by atoms with Crippen molar-refractivity contribution < 1.29 is 13.2 Å². The number of carbonyl (C=O) groups excluding carboxylic acids is 1. The van der Waals surface area contributed by atoms with Gasteiger partial charge in [-0.3, -0.25) is 14.7 Å². The minimum absolute atomic E-state index is 0.0494. The number of amides is 1. The number of nitrogens with zero attached hydrogens (tertiary/aromatic N) is 3. The molecule has 27 heavy (non-hydrogen) atoms. The zero-order valence-corrected chi connectivity index (χ0v) is 17.0. The van der Waals surface area contributed by atoms with Crippen LogP contribution in [0.25, 0.3) is 10.9 Å². The van der Waals surface area contributed by atoms with Gasteiger partial charge < -0.3 is 4.90 Å². The van der Waals surface area contributed by atoms with E-state index in [1.807, 2.05) is 40.0 Å². The summed E-state index contributed by atoms with van der Waals surface area (Å²) in [6, 6.07) is 5.49. The van der Waals surface area contributed by atoms with Crippen molar-refractivity contribution in [1.29, 1.82) is 0 Å². The molecular weight excluding hydrogens is 362 g/mol. The lowest BCUT2D eigenvalue weighted by atomic mass is 9.98. The van der Waals surface area contributed by atoms with Crippen molar-refractivity contribution in [2.75, 3.05) is 31.6 Å². The second-order valence-electron chi connectivity index (χ2n) is 7.98. The number of hydrogen-bond acceptors (Lipinski definition) is 5. The molecule has 0 spiro atoms. The predicted molar refractivity (Wildman–Crippen MR) is 106 cm³/mol. The van der Waals surface area contributed by atoms with Gasteiger partial charge in [-0.2, -0.15) is 0 Å². The molecule has 1 aromatic carbocycles. The van der Waals surface area contributed by atoms with Gasteiger partial charge in [0.05, 0.1) is 28.6 Å². The third-order valence-electron chi connectivity index (χ3n) is 5.82. The second-order valence-corrected chi connectivity index (χ2v) is 10.1. The third-order valence-corrected chi connectivity index (χ3v) is 7.52. The summed E-state index contributed by atoms with van der Waals surface area (Å²) in [7, 11) is -1.18. The molecule has 0 N–H and O–H groups in total. The molecule has 0 saturated carbocycles. The largest absolute Gasteiger partial charge is 0.332 e. The summed E-state index contributed by atoms with van der Waals surface area (Å²) in [4.78, 5) is 22.0. The van der Waals surface area contributed by atoms with Crippen LogP contribution in [0.3, 0.4) is 0 Å². The van der Waals surface area contributed by atoms with Crippen molar-refractivity contribution in [3.63, 3.8) is 0 Å². The third kappa shape index (κ3) is 3.12. The molecule has 7 heteroatoms. The van der Waals surface area contributed by atoms with Gasteiger partial charge in [-0.1, -0.05) is 6.07 Å². The molecule has 2 aliphatic rings. The van der Waals surface area contributed by atoms with Crippen LogP contribution in [0, 0.1) is 20.8 Å². The number of aromatic nitrogens is 1. The van der Waals surface area contributed by atoms with Gasteiger partial charge in [-0.25, -0.2) is 8.42 Å². The van der Waals surface area contributed by atoms with Gasteiger partial charge in [0.1, 0.15) is 0 Å². The summed E-state index contributed by atoms with van der Waals surface area (Å²) in [6.45, 7) is 7.13. The molecule has 3 heterocycles. The van der Waals surface area contributed by atoms with E-state index in [-0.39, 0.29) is 29.5 Å². The minimum atomic E-state index is -3.12. The van der Waals surface area contributed by atoms with Gasteiger partial charge in [-0.05, 0) is 51.1 Å². The number of fused-ring (bicyclic) bond motifs is 2. The number of piperazine rings is 1. The molecule has 2 atom stereocenters. The van der Waals surface area contributed by atoms with Crippen molar-refractivity contribution in [3.05, 3.63) is 40.6 Å². The van der Waals surface area contributed by atoms with Crippen molar-refractivity contribution in [2.45, 2.75) is 32.9 Å². The fraction of sp³-hybridized carbons (Fsp3) is 0.500. The summed E-state index contributed by atoms with van der Waals surface area (Å²) < 4.78 is 24.5. The fourth-order valence-electron chi connectivity index (χ4n) is 4.59. The van der Waals surface area contributed by atoms with Crippen LogP contribution in [-0.2, 0) is 9.84 Å². The molecular formula is C20H25N3O3S. The highest BCUT2D eigenvalue weighted by Gasteiger charge is 2.47.